The molecule has 154 valence electrons. The molecular formula is C23H45NO2. The molecule has 3 unspecified atom stereocenters. The zero-order valence-corrected chi connectivity index (χ0v) is 17.7. The highest BCUT2D eigenvalue weighted by molar-refractivity contribution is 5.85. The molecule has 1 rings (SSSR count). The van der Waals surface area contributed by atoms with E-state index in [1.807, 2.05) is 13.8 Å². The first-order chi connectivity index (χ1) is 11.7. The second-order valence-corrected chi connectivity index (χ2v) is 7.95. The topological polar surface area (TPSA) is 38.3 Å². The first-order valence-electron chi connectivity index (χ1n) is 10.1. The van der Waals surface area contributed by atoms with Crippen molar-refractivity contribution in [1.29, 1.82) is 0 Å². The Kier molecular flexibility index (Phi) is 14.4. The van der Waals surface area contributed by atoms with Gasteiger partial charge < -0.3 is 10.1 Å². The molecule has 1 aliphatic carbocycles. The fourth-order valence-corrected chi connectivity index (χ4v) is 2.98. The molecule has 0 aliphatic heterocycles. The molecule has 3 atom stereocenters. The van der Waals surface area contributed by atoms with Gasteiger partial charge in [0.1, 0.15) is 6.10 Å². The van der Waals surface area contributed by atoms with Gasteiger partial charge in [0.15, 0.2) is 11.7 Å². The molecule has 3 heteroatoms. The fourth-order valence-electron chi connectivity index (χ4n) is 2.98. The van der Waals surface area contributed by atoms with Crippen LogP contribution in [0.25, 0.3) is 0 Å². The van der Waals surface area contributed by atoms with Crippen LogP contribution in [-0.2, 0) is 9.53 Å². The van der Waals surface area contributed by atoms with Crippen molar-refractivity contribution in [2.45, 2.75) is 107 Å². The Bertz CT molecular complexity index is 420. The number of unbranched alkanes of at least 4 members (excludes halogenated alkanes) is 1. The standard InChI is InChI=1S/C20H35NO2.C2H6.CH4/c1-7-8-11-15(2)14-18(22)19(20(4,5)6)21-16(3)23-17-12-9-10-13-17;1-2;/h9,12,15,17,19,21H,3,7-8,10-11,13-14H2,1-2,4-6H3;1-2H3;1H4. The Morgan fingerprint density at radius 2 is 1.96 bits per heavy atom. The highest BCUT2D eigenvalue weighted by Gasteiger charge is 2.32. The Morgan fingerprint density at radius 1 is 1.35 bits per heavy atom. The first kappa shape index (κ1) is 27.0. The molecule has 26 heavy (non-hydrogen) atoms. The Morgan fingerprint density at radius 3 is 2.42 bits per heavy atom. The van der Waals surface area contributed by atoms with E-state index in [-0.39, 0.29) is 30.8 Å². The molecule has 0 aromatic rings. The van der Waals surface area contributed by atoms with Crippen LogP contribution < -0.4 is 5.32 Å². The summed E-state index contributed by atoms with van der Waals surface area (Å²) in [5.74, 6) is 1.20. The van der Waals surface area contributed by atoms with Crippen molar-refractivity contribution in [3.63, 3.8) is 0 Å². The van der Waals surface area contributed by atoms with Crippen LogP contribution in [0.3, 0.4) is 0 Å². The van der Waals surface area contributed by atoms with Crippen molar-refractivity contribution in [3.8, 4) is 0 Å². The predicted octanol–water partition coefficient (Wildman–Crippen LogP) is 6.64. The van der Waals surface area contributed by atoms with Crippen molar-refractivity contribution in [3.05, 3.63) is 24.6 Å². The summed E-state index contributed by atoms with van der Waals surface area (Å²) in [5, 5.41) is 3.24. The van der Waals surface area contributed by atoms with Gasteiger partial charge in [0, 0.05) is 6.42 Å². The van der Waals surface area contributed by atoms with Crippen molar-refractivity contribution in [2.24, 2.45) is 11.3 Å². The molecule has 3 nitrogen and oxygen atoms in total. The number of carbonyl (C=O) groups excluding carboxylic acids is 1. The van der Waals surface area contributed by atoms with Crippen LogP contribution >= 0.6 is 0 Å². The SMILES string of the molecule is C.C=C(NC(C(=O)CC(C)CCCC)C(C)(C)C)OC1C=CCC1.CC. The second kappa shape index (κ2) is 13.9. The summed E-state index contributed by atoms with van der Waals surface area (Å²) in [5.41, 5.74) is -0.167. The fraction of sp³-hybridized carbons (Fsp3) is 0.783. The van der Waals surface area contributed by atoms with E-state index in [9.17, 15) is 4.79 Å². The van der Waals surface area contributed by atoms with Gasteiger partial charge in [-0.3, -0.25) is 4.79 Å². The van der Waals surface area contributed by atoms with Crippen LogP contribution in [0.4, 0.5) is 0 Å². The van der Waals surface area contributed by atoms with E-state index in [0.717, 1.165) is 19.3 Å². The highest BCUT2D eigenvalue weighted by Crippen LogP contribution is 2.25. The third-order valence-electron chi connectivity index (χ3n) is 4.36. The van der Waals surface area contributed by atoms with Gasteiger partial charge in [-0.1, -0.05) is 81.2 Å². The van der Waals surface area contributed by atoms with E-state index >= 15 is 0 Å². The number of hydrogen-bond acceptors (Lipinski definition) is 3. The largest absolute Gasteiger partial charge is 0.472 e. The normalized spacial score (nSPS) is 18.0. The van der Waals surface area contributed by atoms with Gasteiger partial charge in [0.05, 0.1) is 6.04 Å². The van der Waals surface area contributed by atoms with Gasteiger partial charge in [0.2, 0.25) is 0 Å². The average molecular weight is 368 g/mol. The van der Waals surface area contributed by atoms with Crippen LogP contribution in [0.1, 0.15) is 94.4 Å². The summed E-state index contributed by atoms with van der Waals surface area (Å²) in [6.07, 6.45) is 10.4. The molecule has 1 N–H and O–H groups in total. The van der Waals surface area contributed by atoms with Crippen LogP contribution in [0.5, 0.6) is 0 Å². The molecule has 0 saturated heterocycles. The number of ketones is 1. The van der Waals surface area contributed by atoms with E-state index < -0.39 is 0 Å². The van der Waals surface area contributed by atoms with Crippen LogP contribution in [0, 0.1) is 11.3 Å². The van der Waals surface area contributed by atoms with Crippen LogP contribution in [-0.4, -0.2) is 17.9 Å². The van der Waals surface area contributed by atoms with Crippen molar-refractivity contribution >= 4 is 5.78 Å². The molecule has 0 fully saturated rings. The number of Topliss-reactive ketones (excluding diaryl/α,β-unsaturated/α-hetero) is 1. The molecule has 0 amide bonds. The minimum atomic E-state index is -0.260. The van der Waals surface area contributed by atoms with Gasteiger partial charge in [-0.25, -0.2) is 0 Å². The maximum atomic E-state index is 12.8. The maximum Gasteiger partial charge on any atom is 0.180 e. The van der Waals surface area contributed by atoms with Crippen molar-refractivity contribution in [2.75, 3.05) is 0 Å². The average Bonchev–Trinajstić information content (AvgIpc) is 3.04. The summed E-state index contributed by atoms with van der Waals surface area (Å²) >= 11 is 0. The molecule has 0 radical (unpaired) electrons. The lowest BCUT2D eigenvalue weighted by Gasteiger charge is -2.32. The molecule has 0 aromatic heterocycles. The number of hydrogen-bond donors (Lipinski definition) is 1. The van der Waals surface area contributed by atoms with Crippen molar-refractivity contribution < 1.29 is 9.53 Å². The molecule has 1 aliphatic rings. The Labute approximate surface area is 163 Å². The summed E-state index contributed by atoms with van der Waals surface area (Å²) in [7, 11) is 0. The third kappa shape index (κ3) is 10.7. The lowest BCUT2D eigenvalue weighted by atomic mass is 9.81. The molecule has 0 heterocycles. The maximum absolute atomic E-state index is 12.8. The van der Waals surface area contributed by atoms with Gasteiger partial charge in [-0.2, -0.15) is 0 Å². The van der Waals surface area contributed by atoms with E-state index in [4.69, 9.17) is 4.74 Å². The molecule has 0 aromatic carbocycles. The number of rotatable bonds is 10. The van der Waals surface area contributed by atoms with E-state index in [2.05, 4.69) is 58.7 Å². The van der Waals surface area contributed by atoms with Crippen molar-refractivity contribution in [1.82, 2.24) is 5.32 Å². The highest BCUT2D eigenvalue weighted by atomic mass is 16.5. The number of ether oxygens (including phenoxy) is 1. The van der Waals surface area contributed by atoms with Crippen LogP contribution in [0.2, 0.25) is 0 Å². The minimum absolute atomic E-state index is 0. The molecule has 0 spiro atoms. The monoisotopic (exact) mass is 367 g/mol. The second-order valence-electron chi connectivity index (χ2n) is 7.95. The van der Waals surface area contributed by atoms with E-state index in [1.54, 1.807) is 0 Å². The van der Waals surface area contributed by atoms with Crippen LogP contribution in [0.15, 0.2) is 24.6 Å². The first-order valence-corrected chi connectivity index (χ1v) is 10.1. The van der Waals surface area contributed by atoms with Gasteiger partial charge in [-0.15, -0.1) is 0 Å². The van der Waals surface area contributed by atoms with Gasteiger partial charge in [-0.05, 0) is 36.8 Å². The summed E-state index contributed by atoms with van der Waals surface area (Å²) in [6.45, 7) is 18.6. The number of allylic oxidation sites excluding steroid dienone is 1. The Balaban J connectivity index is 0. The molecule has 0 saturated carbocycles. The molecule has 0 bridgehead atoms. The van der Waals surface area contributed by atoms with Gasteiger partial charge in [0.25, 0.3) is 0 Å². The lowest BCUT2D eigenvalue weighted by Crippen LogP contribution is -2.47. The quantitative estimate of drug-likeness (QED) is 0.347. The summed E-state index contributed by atoms with van der Waals surface area (Å²) in [6, 6.07) is -0.260. The predicted molar refractivity (Wildman–Crippen MR) is 115 cm³/mol. The minimum Gasteiger partial charge on any atom is -0.472 e. The number of carbonyl (C=O) groups is 1. The lowest BCUT2D eigenvalue weighted by molar-refractivity contribution is -0.124. The van der Waals surface area contributed by atoms with Gasteiger partial charge >= 0.3 is 0 Å². The zero-order chi connectivity index (χ0) is 19.5. The summed E-state index contributed by atoms with van der Waals surface area (Å²) < 4.78 is 5.81. The Hall–Kier alpha value is -1.25. The molecular weight excluding hydrogens is 322 g/mol. The summed E-state index contributed by atoms with van der Waals surface area (Å²) in [4.78, 5) is 12.8. The third-order valence-corrected chi connectivity index (χ3v) is 4.36. The zero-order valence-electron chi connectivity index (χ0n) is 17.7. The smallest absolute Gasteiger partial charge is 0.180 e. The van der Waals surface area contributed by atoms with E-state index in [0.29, 0.717) is 18.2 Å². The number of nitrogens with one attached hydrogen (secondary N) is 1. The van der Waals surface area contributed by atoms with E-state index in [1.165, 1.54) is 12.8 Å².